The number of aromatic nitrogens is 1. The van der Waals surface area contributed by atoms with Gasteiger partial charge >= 0.3 is 0 Å². The van der Waals surface area contributed by atoms with Crippen molar-refractivity contribution in [2.24, 2.45) is 0 Å². The number of benzene rings is 1. The molecule has 0 saturated carbocycles. The zero-order chi connectivity index (χ0) is 15.4. The third-order valence-corrected chi connectivity index (χ3v) is 4.22. The Bertz CT molecular complexity index is 748. The molecule has 0 aliphatic rings. The number of furan rings is 1. The number of carbonyl (C=O) groups excluding carboxylic acids is 1. The van der Waals surface area contributed by atoms with Crippen LogP contribution in [0.25, 0.3) is 11.3 Å². The van der Waals surface area contributed by atoms with Gasteiger partial charge in [-0.1, -0.05) is 43.7 Å². The molecule has 2 heterocycles. The van der Waals surface area contributed by atoms with E-state index >= 15 is 0 Å². The van der Waals surface area contributed by atoms with E-state index < -0.39 is 0 Å². The van der Waals surface area contributed by atoms with Crippen molar-refractivity contribution in [3.05, 3.63) is 59.4 Å². The third kappa shape index (κ3) is 3.09. The average Bonchev–Trinajstić information content (AvgIpc) is 3.18. The van der Waals surface area contributed by atoms with Gasteiger partial charge in [0, 0.05) is 10.4 Å². The maximum atomic E-state index is 12.1. The Kier molecular flexibility index (Phi) is 4.34. The van der Waals surface area contributed by atoms with Gasteiger partial charge in [-0.2, -0.15) is 0 Å². The number of nitrogens with one attached hydrogen (secondary N) is 1. The molecule has 0 fully saturated rings. The van der Waals surface area contributed by atoms with Gasteiger partial charge in [0.1, 0.15) is 0 Å². The number of thiazole rings is 1. The Morgan fingerprint density at radius 2 is 2.05 bits per heavy atom. The number of hydrogen-bond acceptors (Lipinski definition) is 4. The van der Waals surface area contributed by atoms with Gasteiger partial charge < -0.3 is 4.42 Å². The van der Waals surface area contributed by atoms with Gasteiger partial charge in [-0.15, -0.1) is 11.3 Å². The highest BCUT2D eigenvalue weighted by Gasteiger charge is 2.16. The van der Waals surface area contributed by atoms with E-state index in [0.717, 1.165) is 24.1 Å². The van der Waals surface area contributed by atoms with E-state index in [1.54, 1.807) is 12.1 Å². The summed E-state index contributed by atoms with van der Waals surface area (Å²) in [4.78, 5) is 17.8. The number of aryl methyl sites for hydroxylation is 1. The second-order valence-electron chi connectivity index (χ2n) is 4.84. The maximum Gasteiger partial charge on any atom is 0.293 e. The lowest BCUT2D eigenvalue weighted by molar-refractivity contribution is 0.0996. The highest BCUT2D eigenvalue weighted by Crippen LogP contribution is 2.32. The van der Waals surface area contributed by atoms with Crippen LogP contribution in [-0.2, 0) is 6.42 Å². The number of amides is 1. The van der Waals surface area contributed by atoms with Crippen LogP contribution in [0, 0.1) is 0 Å². The largest absolute Gasteiger partial charge is 0.459 e. The normalized spacial score (nSPS) is 10.6. The Hall–Kier alpha value is -2.40. The van der Waals surface area contributed by atoms with E-state index in [0.29, 0.717) is 5.13 Å². The molecular weight excluding hydrogens is 296 g/mol. The summed E-state index contributed by atoms with van der Waals surface area (Å²) in [5, 5.41) is 3.41. The van der Waals surface area contributed by atoms with Gasteiger partial charge in [-0.25, -0.2) is 4.98 Å². The molecule has 3 rings (SSSR count). The van der Waals surface area contributed by atoms with Gasteiger partial charge in [-0.3, -0.25) is 10.1 Å². The smallest absolute Gasteiger partial charge is 0.293 e. The van der Waals surface area contributed by atoms with Crippen LogP contribution in [0.1, 0.15) is 28.8 Å². The molecule has 0 aliphatic heterocycles. The van der Waals surface area contributed by atoms with Crippen LogP contribution in [0.15, 0.2) is 53.1 Å². The highest BCUT2D eigenvalue weighted by molar-refractivity contribution is 7.16. The second-order valence-corrected chi connectivity index (χ2v) is 5.92. The molecule has 2 aromatic heterocycles. The van der Waals surface area contributed by atoms with Crippen molar-refractivity contribution in [3.8, 4) is 11.3 Å². The number of anilines is 1. The van der Waals surface area contributed by atoms with Crippen molar-refractivity contribution in [3.63, 3.8) is 0 Å². The summed E-state index contributed by atoms with van der Waals surface area (Å²) in [6.07, 6.45) is 3.46. The molecule has 0 atom stereocenters. The van der Waals surface area contributed by atoms with Gasteiger partial charge in [0.05, 0.1) is 12.0 Å². The first kappa shape index (κ1) is 14.5. The van der Waals surface area contributed by atoms with Crippen molar-refractivity contribution >= 4 is 22.4 Å². The SMILES string of the molecule is CCCc1sc(NC(=O)c2ccco2)nc1-c1ccccc1. The molecule has 0 aliphatic carbocycles. The molecule has 0 bridgehead atoms. The van der Waals surface area contributed by atoms with Crippen LogP contribution in [0.4, 0.5) is 5.13 Å². The van der Waals surface area contributed by atoms with Crippen molar-refractivity contribution in [2.45, 2.75) is 19.8 Å². The van der Waals surface area contributed by atoms with E-state index in [2.05, 4.69) is 17.2 Å². The molecule has 0 saturated heterocycles. The summed E-state index contributed by atoms with van der Waals surface area (Å²) in [5.74, 6) is 0.00918. The average molecular weight is 312 g/mol. The summed E-state index contributed by atoms with van der Waals surface area (Å²) in [6.45, 7) is 2.13. The van der Waals surface area contributed by atoms with Crippen LogP contribution in [0.3, 0.4) is 0 Å². The van der Waals surface area contributed by atoms with E-state index in [9.17, 15) is 4.79 Å². The molecule has 1 N–H and O–H groups in total. The molecule has 1 amide bonds. The summed E-state index contributed by atoms with van der Waals surface area (Å²) in [6, 6.07) is 13.4. The van der Waals surface area contributed by atoms with E-state index in [4.69, 9.17) is 4.42 Å². The topological polar surface area (TPSA) is 55.1 Å². The van der Waals surface area contributed by atoms with E-state index in [-0.39, 0.29) is 11.7 Å². The molecule has 22 heavy (non-hydrogen) atoms. The Morgan fingerprint density at radius 1 is 1.23 bits per heavy atom. The number of carbonyl (C=O) groups is 1. The first-order chi connectivity index (χ1) is 10.8. The minimum Gasteiger partial charge on any atom is -0.459 e. The van der Waals surface area contributed by atoms with Gasteiger partial charge in [0.2, 0.25) is 0 Å². The van der Waals surface area contributed by atoms with E-state index in [1.807, 2.05) is 30.3 Å². The predicted octanol–water partition coefficient (Wildman–Crippen LogP) is 4.61. The molecule has 0 unspecified atom stereocenters. The quantitative estimate of drug-likeness (QED) is 0.748. The number of hydrogen-bond donors (Lipinski definition) is 1. The minimum atomic E-state index is -0.276. The fraction of sp³-hybridized carbons (Fsp3) is 0.176. The zero-order valence-electron chi connectivity index (χ0n) is 12.2. The summed E-state index contributed by atoms with van der Waals surface area (Å²) in [5.41, 5.74) is 2.02. The highest BCUT2D eigenvalue weighted by atomic mass is 32.1. The first-order valence-corrected chi connectivity index (χ1v) is 7.99. The van der Waals surface area contributed by atoms with Crippen molar-refractivity contribution in [1.82, 2.24) is 4.98 Å². The van der Waals surface area contributed by atoms with Crippen LogP contribution in [-0.4, -0.2) is 10.9 Å². The minimum absolute atomic E-state index is 0.276. The van der Waals surface area contributed by atoms with Crippen LogP contribution < -0.4 is 5.32 Å². The summed E-state index contributed by atoms with van der Waals surface area (Å²) < 4.78 is 5.10. The lowest BCUT2D eigenvalue weighted by Gasteiger charge is -2.00. The van der Waals surface area contributed by atoms with Gasteiger partial charge in [0.15, 0.2) is 10.9 Å². The molecule has 3 aromatic rings. The van der Waals surface area contributed by atoms with Gasteiger partial charge in [0.25, 0.3) is 5.91 Å². The lowest BCUT2D eigenvalue weighted by Crippen LogP contribution is -2.10. The molecule has 112 valence electrons. The molecule has 1 aromatic carbocycles. The monoisotopic (exact) mass is 312 g/mol. The Labute approximate surface area is 132 Å². The third-order valence-electron chi connectivity index (χ3n) is 3.19. The van der Waals surface area contributed by atoms with Crippen LogP contribution in [0.5, 0.6) is 0 Å². The summed E-state index contributed by atoms with van der Waals surface area (Å²) in [7, 11) is 0. The van der Waals surface area contributed by atoms with Gasteiger partial charge in [-0.05, 0) is 18.6 Å². The molecule has 4 nitrogen and oxygen atoms in total. The Balaban J connectivity index is 1.88. The van der Waals surface area contributed by atoms with Crippen molar-refractivity contribution in [2.75, 3.05) is 5.32 Å². The van der Waals surface area contributed by atoms with Crippen molar-refractivity contribution < 1.29 is 9.21 Å². The lowest BCUT2D eigenvalue weighted by atomic mass is 10.1. The van der Waals surface area contributed by atoms with Crippen LogP contribution >= 0.6 is 11.3 Å². The van der Waals surface area contributed by atoms with E-state index in [1.165, 1.54) is 22.5 Å². The standard InChI is InChI=1S/C17H16N2O2S/c1-2-7-14-15(12-8-4-3-5-9-12)18-17(22-14)19-16(20)13-10-6-11-21-13/h3-6,8-11H,2,7H2,1H3,(H,18,19,20). The van der Waals surface area contributed by atoms with Crippen molar-refractivity contribution in [1.29, 1.82) is 0 Å². The maximum absolute atomic E-state index is 12.1. The molecule has 5 heteroatoms. The summed E-state index contributed by atoms with van der Waals surface area (Å²) >= 11 is 1.52. The molecular formula is C17H16N2O2S. The zero-order valence-corrected chi connectivity index (χ0v) is 13.0. The fourth-order valence-electron chi connectivity index (χ4n) is 2.19. The first-order valence-electron chi connectivity index (χ1n) is 7.18. The molecule has 0 radical (unpaired) electrons. The number of nitrogens with zero attached hydrogens (tertiary/aromatic N) is 1. The molecule has 0 spiro atoms. The predicted molar refractivity (Wildman–Crippen MR) is 88.2 cm³/mol. The van der Waals surface area contributed by atoms with Crippen LogP contribution in [0.2, 0.25) is 0 Å². The Morgan fingerprint density at radius 3 is 2.73 bits per heavy atom. The number of rotatable bonds is 5. The fourth-order valence-corrected chi connectivity index (χ4v) is 3.27. The second kappa shape index (κ2) is 6.58.